The molecule has 0 heterocycles. The molecule has 0 fully saturated rings. The molecule has 0 aromatic rings. The Hall–Kier alpha value is -0.880. The highest BCUT2D eigenvalue weighted by molar-refractivity contribution is 7.85. The topological polar surface area (TPSA) is 86.5 Å². The monoisotopic (exact) mass is 181 g/mol. The van der Waals surface area contributed by atoms with Gasteiger partial charge >= 0.3 is 0 Å². The van der Waals surface area contributed by atoms with Crippen LogP contribution < -0.4 is 5.73 Å². The van der Waals surface area contributed by atoms with Crippen molar-refractivity contribution in [2.24, 2.45) is 5.73 Å². The third-order valence-electron chi connectivity index (χ3n) is 0.504. The maximum Gasteiger partial charge on any atom is 0.264 e. The van der Waals surface area contributed by atoms with Crippen molar-refractivity contribution in [3.63, 3.8) is 0 Å². The number of rotatable bonds is 2. The molecule has 0 spiro atoms. The molecule has 1 amide bonds. The summed E-state index contributed by atoms with van der Waals surface area (Å²) in [4.78, 5) is 9.47. The molecule has 5 nitrogen and oxygen atoms in total. The van der Waals surface area contributed by atoms with Crippen LogP contribution in [-0.2, 0) is 19.1 Å². The van der Waals surface area contributed by atoms with Crippen molar-refractivity contribution in [2.45, 2.75) is 0 Å². The first-order valence-electron chi connectivity index (χ1n) is 2.51. The summed E-state index contributed by atoms with van der Waals surface area (Å²) in [7, 11) is -2.04. The number of carbonyl (C=O) groups is 1. The molecule has 0 saturated heterocycles. The highest BCUT2D eigenvalue weighted by Crippen LogP contribution is 1.75. The van der Waals surface area contributed by atoms with E-state index in [0.717, 1.165) is 19.4 Å². The summed E-state index contributed by atoms with van der Waals surface area (Å²) in [5, 5.41) is 0. The summed E-state index contributed by atoms with van der Waals surface area (Å²) in [6.07, 6.45) is 2.05. The van der Waals surface area contributed by atoms with Gasteiger partial charge in [-0.25, -0.2) is 0 Å². The van der Waals surface area contributed by atoms with E-state index >= 15 is 0 Å². The molecule has 0 bridgehead atoms. The Morgan fingerprint density at radius 2 is 1.82 bits per heavy atom. The Bertz CT molecular complexity index is 219. The number of primary amides is 1. The summed E-state index contributed by atoms with van der Waals surface area (Å²) in [5.41, 5.74) is 4.53. The van der Waals surface area contributed by atoms with Gasteiger partial charge in [-0.3, -0.25) is 8.98 Å². The van der Waals surface area contributed by atoms with Crippen LogP contribution in [0.4, 0.5) is 0 Å². The first-order chi connectivity index (χ1) is 4.83. The van der Waals surface area contributed by atoms with Crippen LogP contribution in [0, 0.1) is 0 Å². The second-order valence-corrected chi connectivity index (χ2v) is 3.22. The largest absolute Gasteiger partial charge is 0.366 e. The molecule has 66 valence electrons. The fourth-order valence-electron chi connectivity index (χ4n) is 0. The standard InChI is InChI=1S/C3H5NO.C2H6O3S/c1-2-3(4)5;1-5-6(2,3)4/h2H,1H2,(H2,4,5);1-2H3. The zero-order valence-electron chi connectivity index (χ0n) is 6.40. The quantitative estimate of drug-likeness (QED) is 0.448. The highest BCUT2D eigenvalue weighted by atomic mass is 32.2. The highest BCUT2D eigenvalue weighted by Gasteiger charge is 1.90. The molecule has 0 saturated carbocycles. The number of hydrogen-bond acceptors (Lipinski definition) is 4. The van der Waals surface area contributed by atoms with Crippen molar-refractivity contribution in [2.75, 3.05) is 13.4 Å². The smallest absolute Gasteiger partial charge is 0.264 e. The fourth-order valence-corrected chi connectivity index (χ4v) is 0. The second kappa shape index (κ2) is 5.87. The predicted molar refractivity (Wildman–Crippen MR) is 41.2 cm³/mol. The zero-order valence-corrected chi connectivity index (χ0v) is 7.22. The minimum absolute atomic E-state index is 0.481. The van der Waals surface area contributed by atoms with Gasteiger partial charge in [-0.1, -0.05) is 6.58 Å². The van der Waals surface area contributed by atoms with E-state index in [-0.39, 0.29) is 0 Å². The lowest BCUT2D eigenvalue weighted by Gasteiger charge is -1.84. The Labute approximate surface area is 66.0 Å². The molecule has 0 atom stereocenters. The third-order valence-corrected chi connectivity index (χ3v) is 1.11. The van der Waals surface area contributed by atoms with Crippen LogP contribution in [0.15, 0.2) is 12.7 Å². The molecule has 0 radical (unpaired) electrons. The summed E-state index contributed by atoms with van der Waals surface area (Å²) in [5.74, 6) is -0.481. The molecule has 0 rings (SSSR count). The predicted octanol–water partition coefficient (Wildman–Crippen LogP) is -0.750. The fraction of sp³-hybridized carbons (Fsp3) is 0.400. The SMILES string of the molecule is C=CC(N)=O.COS(C)(=O)=O. The maximum absolute atomic E-state index is 9.78. The minimum Gasteiger partial charge on any atom is -0.366 e. The van der Waals surface area contributed by atoms with E-state index in [1.54, 1.807) is 0 Å². The van der Waals surface area contributed by atoms with E-state index in [9.17, 15) is 13.2 Å². The number of nitrogens with two attached hydrogens (primary N) is 1. The van der Waals surface area contributed by atoms with Crippen LogP contribution >= 0.6 is 0 Å². The molecule has 0 unspecified atom stereocenters. The molecule has 0 aliphatic rings. The van der Waals surface area contributed by atoms with Crippen LogP contribution in [-0.4, -0.2) is 27.7 Å². The lowest BCUT2D eigenvalue weighted by atomic mass is 10.6. The minimum atomic E-state index is -3.16. The van der Waals surface area contributed by atoms with Gasteiger partial charge in [0.25, 0.3) is 10.1 Å². The summed E-state index contributed by atoms with van der Waals surface area (Å²) >= 11 is 0. The molecular weight excluding hydrogens is 170 g/mol. The Balaban J connectivity index is 0. The van der Waals surface area contributed by atoms with Crippen LogP contribution in [0.1, 0.15) is 0 Å². The van der Waals surface area contributed by atoms with Gasteiger partial charge in [0.1, 0.15) is 0 Å². The molecule has 0 aliphatic carbocycles. The van der Waals surface area contributed by atoms with Crippen LogP contribution in [0.5, 0.6) is 0 Å². The van der Waals surface area contributed by atoms with Crippen LogP contribution in [0.25, 0.3) is 0 Å². The van der Waals surface area contributed by atoms with Crippen molar-refractivity contribution in [3.8, 4) is 0 Å². The molecule has 6 heteroatoms. The molecular formula is C5H11NO4S. The molecule has 0 aromatic carbocycles. The van der Waals surface area contributed by atoms with E-state index in [0.29, 0.717) is 0 Å². The average molecular weight is 181 g/mol. The molecule has 2 N–H and O–H groups in total. The van der Waals surface area contributed by atoms with Gasteiger partial charge in [0.15, 0.2) is 0 Å². The van der Waals surface area contributed by atoms with Gasteiger partial charge in [-0.15, -0.1) is 0 Å². The first-order valence-corrected chi connectivity index (χ1v) is 4.32. The maximum atomic E-state index is 9.78. The van der Waals surface area contributed by atoms with Crippen molar-refractivity contribution in [3.05, 3.63) is 12.7 Å². The lowest BCUT2D eigenvalue weighted by molar-refractivity contribution is -0.113. The first kappa shape index (κ1) is 12.8. The van der Waals surface area contributed by atoms with Crippen molar-refractivity contribution in [1.82, 2.24) is 0 Å². The third kappa shape index (κ3) is 27.2. The summed E-state index contributed by atoms with van der Waals surface area (Å²) in [6, 6.07) is 0. The lowest BCUT2D eigenvalue weighted by Crippen LogP contribution is -2.04. The molecule has 0 aromatic heterocycles. The van der Waals surface area contributed by atoms with Crippen LogP contribution in [0.2, 0.25) is 0 Å². The van der Waals surface area contributed by atoms with Crippen molar-refractivity contribution in [1.29, 1.82) is 0 Å². The van der Waals surface area contributed by atoms with Gasteiger partial charge in [0.2, 0.25) is 5.91 Å². The van der Waals surface area contributed by atoms with Gasteiger partial charge < -0.3 is 5.73 Å². The van der Waals surface area contributed by atoms with E-state index < -0.39 is 16.0 Å². The van der Waals surface area contributed by atoms with Gasteiger partial charge in [0.05, 0.1) is 13.4 Å². The van der Waals surface area contributed by atoms with E-state index in [4.69, 9.17) is 0 Å². The number of carbonyl (C=O) groups excluding carboxylic acids is 1. The average Bonchev–Trinajstić information content (AvgIpc) is 1.88. The van der Waals surface area contributed by atoms with E-state index in [1.807, 2.05) is 0 Å². The van der Waals surface area contributed by atoms with Gasteiger partial charge in [-0.05, 0) is 6.08 Å². The van der Waals surface area contributed by atoms with E-state index in [1.165, 1.54) is 0 Å². The van der Waals surface area contributed by atoms with Crippen molar-refractivity contribution < 1.29 is 17.4 Å². The Kier molecular flexibility index (Phi) is 6.81. The Morgan fingerprint density at radius 1 is 1.64 bits per heavy atom. The van der Waals surface area contributed by atoms with Crippen molar-refractivity contribution >= 4 is 16.0 Å². The normalized spacial score (nSPS) is 9.27. The summed E-state index contributed by atoms with van der Waals surface area (Å²) < 4.78 is 23.5. The zero-order chi connectivity index (χ0) is 9.49. The van der Waals surface area contributed by atoms with Crippen LogP contribution in [0.3, 0.4) is 0 Å². The number of amides is 1. The Morgan fingerprint density at radius 3 is 1.82 bits per heavy atom. The second-order valence-electron chi connectivity index (χ2n) is 1.48. The number of hydrogen-bond donors (Lipinski definition) is 1. The summed E-state index contributed by atoms with van der Waals surface area (Å²) in [6.45, 7) is 3.09. The van der Waals surface area contributed by atoms with Gasteiger partial charge in [0, 0.05) is 0 Å². The van der Waals surface area contributed by atoms with E-state index in [2.05, 4.69) is 16.5 Å². The molecule has 0 aliphatic heterocycles. The van der Waals surface area contributed by atoms with Gasteiger partial charge in [-0.2, -0.15) is 8.42 Å². The molecule has 11 heavy (non-hydrogen) atoms.